The van der Waals surface area contributed by atoms with Crippen LogP contribution < -0.4 is 5.32 Å². The van der Waals surface area contributed by atoms with E-state index in [1.54, 1.807) is 0 Å². The molecular formula is C14H17N3. The lowest BCUT2D eigenvalue weighted by Crippen LogP contribution is -2.05. The fourth-order valence-electron chi connectivity index (χ4n) is 2.04. The summed E-state index contributed by atoms with van der Waals surface area (Å²) in [4.78, 5) is 4.56. The molecule has 0 aromatic carbocycles. The third-order valence-corrected chi connectivity index (χ3v) is 2.95. The van der Waals surface area contributed by atoms with Crippen LogP contribution in [0.15, 0.2) is 17.7 Å². The number of fused-ring (bicyclic) bond motifs is 1. The van der Waals surface area contributed by atoms with Crippen LogP contribution >= 0.6 is 0 Å². The number of nitriles is 1. The second-order valence-electron chi connectivity index (χ2n) is 4.62. The molecule has 0 atom stereocenters. The molecule has 0 bridgehead atoms. The Morgan fingerprint density at radius 3 is 3.06 bits per heavy atom. The lowest BCUT2D eigenvalue weighted by atomic mass is 10.1. The first-order chi connectivity index (χ1) is 8.20. The first-order valence-corrected chi connectivity index (χ1v) is 6.01. The largest absolute Gasteiger partial charge is 0.365 e. The maximum atomic E-state index is 9.11. The van der Waals surface area contributed by atoms with Crippen LogP contribution in [-0.2, 0) is 12.8 Å². The maximum absolute atomic E-state index is 9.11. The van der Waals surface area contributed by atoms with Crippen LogP contribution in [0.3, 0.4) is 0 Å². The maximum Gasteiger partial charge on any atom is 0.144 e. The topological polar surface area (TPSA) is 48.7 Å². The van der Waals surface area contributed by atoms with Crippen molar-refractivity contribution < 1.29 is 0 Å². The first kappa shape index (κ1) is 11.7. The molecule has 17 heavy (non-hydrogen) atoms. The summed E-state index contributed by atoms with van der Waals surface area (Å²) in [5.74, 6) is 0.727. The Balaban J connectivity index is 2.21. The molecule has 1 aromatic heterocycles. The molecule has 0 unspecified atom stereocenters. The van der Waals surface area contributed by atoms with Crippen molar-refractivity contribution in [3.8, 4) is 6.07 Å². The van der Waals surface area contributed by atoms with Crippen molar-refractivity contribution >= 4 is 5.82 Å². The van der Waals surface area contributed by atoms with E-state index >= 15 is 0 Å². The minimum atomic E-state index is 0.660. The highest BCUT2D eigenvalue weighted by atomic mass is 15.0. The van der Waals surface area contributed by atoms with Gasteiger partial charge < -0.3 is 5.32 Å². The molecule has 1 aromatic rings. The van der Waals surface area contributed by atoms with Gasteiger partial charge in [-0.2, -0.15) is 5.26 Å². The van der Waals surface area contributed by atoms with E-state index in [1.807, 2.05) is 6.07 Å². The Hall–Kier alpha value is -1.82. The van der Waals surface area contributed by atoms with Crippen LogP contribution in [0, 0.1) is 11.3 Å². The Labute approximate surface area is 102 Å². The highest BCUT2D eigenvalue weighted by Gasteiger charge is 2.15. The molecule has 0 saturated heterocycles. The van der Waals surface area contributed by atoms with E-state index in [-0.39, 0.29) is 0 Å². The SMILES string of the molecule is CC(C)=CCNc1nc2c(cc1C#N)CCC2. The van der Waals surface area contributed by atoms with E-state index < -0.39 is 0 Å². The summed E-state index contributed by atoms with van der Waals surface area (Å²) < 4.78 is 0. The van der Waals surface area contributed by atoms with E-state index in [1.165, 1.54) is 11.1 Å². The summed E-state index contributed by atoms with van der Waals surface area (Å²) in [6, 6.07) is 4.20. The molecule has 1 N–H and O–H groups in total. The fraction of sp³-hybridized carbons (Fsp3) is 0.429. The zero-order chi connectivity index (χ0) is 12.3. The molecule has 0 saturated carbocycles. The number of allylic oxidation sites excluding steroid dienone is 1. The van der Waals surface area contributed by atoms with E-state index in [9.17, 15) is 0 Å². The standard InChI is InChI=1S/C14H17N3/c1-10(2)6-7-16-14-12(9-15)8-11-4-3-5-13(11)17-14/h6,8H,3-5,7H2,1-2H3,(H,16,17). The molecule has 0 radical (unpaired) electrons. The van der Waals surface area contributed by atoms with Crippen LogP contribution in [0.1, 0.15) is 37.1 Å². The number of nitrogens with zero attached hydrogens (tertiary/aromatic N) is 2. The average Bonchev–Trinajstić information content (AvgIpc) is 2.74. The number of nitrogens with one attached hydrogen (secondary N) is 1. The van der Waals surface area contributed by atoms with Crippen LogP contribution in [-0.4, -0.2) is 11.5 Å². The molecule has 1 aliphatic rings. The van der Waals surface area contributed by atoms with Gasteiger partial charge in [-0.15, -0.1) is 0 Å². The Morgan fingerprint density at radius 1 is 1.53 bits per heavy atom. The number of hydrogen-bond donors (Lipinski definition) is 1. The van der Waals surface area contributed by atoms with Gasteiger partial charge in [-0.05, 0) is 44.7 Å². The lowest BCUT2D eigenvalue weighted by molar-refractivity contribution is 0.899. The minimum Gasteiger partial charge on any atom is -0.365 e. The van der Waals surface area contributed by atoms with Crippen LogP contribution in [0.2, 0.25) is 0 Å². The smallest absolute Gasteiger partial charge is 0.144 e. The van der Waals surface area contributed by atoms with Crippen LogP contribution in [0.25, 0.3) is 0 Å². The van der Waals surface area contributed by atoms with Gasteiger partial charge in [-0.1, -0.05) is 11.6 Å². The predicted octanol–water partition coefficient (Wildman–Crippen LogP) is 2.82. The highest BCUT2D eigenvalue weighted by Crippen LogP contribution is 2.24. The molecule has 0 aliphatic heterocycles. The summed E-state index contributed by atoms with van der Waals surface area (Å²) in [6.45, 7) is 4.84. The normalized spacial score (nSPS) is 12.8. The molecule has 0 fully saturated rings. The summed E-state index contributed by atoms with van der Waals surface area (Å²) in [7, 11) is 0. The highest BCUT2D eigenvalue weighted by molar-refractivity contribution is 5.55. The summed E-state index contributed by atoms with van der Waals surface area (Å²) in [6.07, 6.45) is 5.35. The number of rotatable bonds is 3. The Kier molecular flexibility index (Phi) is 3.43. The van der Waals surface area contributed by atoms with Gasteiger partial charge in [-0.3, -0.25) is 0 Å². The molecule has 3 nitrogen and oxygen atoms in total. The molecule has 0 amide bonds. The second kappa shape index (κ2) is 5.01. The van der Waals surface area contributed by atoms with Crippen molar-refractivity contribution in [1.29, 1.82) is 5.26 Å². The zero-order valence-electron chi connectivity index (χ0n) is 10.4. The second-order valence-corrected chi connectivity index (χ2v) is 4.62. The van der Waals surface area contributed by atoms with Crippen molar-refractivity contribution in [3.63, 3.8) is 0 Å². The Bertz CT molecular complexity index is 491. The van der Waals surface area contributed by atoms with E-state index in [4.69, 9.17) is 5.26 Å². The van der Waals surface area contributed by atoms with Gasteiger partial charge in [0, 0.05) is 12.2 Å². The number of pyridine rings is 1. The lowest BCUT2D eigenvalue weighted by Gasteiger charge is -2.08. The van der Waals surface area contributed by atoms with Crippen molar-refractivity contribution in [2.24, 2.45) is 0 Å². The monoisotopic (exact) mass is 227 g/mol. The van der Waals surface area contributed by atoms with E-state index in [0.717, 1.165) is 37.3 Å². The summed E-state index contributed by atoms with van der Waals surface area (Å²) in [5.41, 5.74) is 4.32. The minimum absolute atomic E-state index is 0.660. The molecule has 88 valence electrons. The van der Waals surface area contributed by atoms with Crippen LogP contribution in [0.5, 0.6) is 0 Å². The predicted molar refractivity (Wildman–Crippen MR) is 68.9 cm³/mol. The van der Waals surface area contributed by atoms with Crippen LogP contribution in [0.4, 0.5) is 5.82 Å². The third-order valence-electron chi connectivity index (χ3n) is 2.95. The zero-order valence-corrected chi connectivity index (χ0v) is 10.4. The fourth-order valence-corrected chi connectivity index (χ4v) is 2.04. The third kappa shape index (κ3) is 2.65. The summed E-state index contributed by atoms with van der Waals surface area (Å²) >= 11 is 0. The van der Waals surface area contributed by atoms with Gasteiger partial charge in [-0.25, -0.2) is 4.98 Å². The van der Waals surface area contributed by atoms with E-state index in [0.29, 0.717) is 5.56 Å². The summed E-state index contributed by atoms with van der Waals surface area (Å²) in [5, 5.41) is 12.3. The molecule has 0 spiro atoms. The van der Waals surface area contributed by atoms with Gasteiger partial charge in [0.2, 0.25) is 0 Å². The van der Waals surface area contributed by atoms with Crippen molar-refractivity contribution in [1.82, 2.24) is 4.98 Å². The first-order valence-electron chi connectivity index (χ1n) is 6.01. The molecule has 2 rings (SSSR count). The molecule has 3 heteroatoms. The van der Waals surface area contributed by atoms with E-state index in [2.05, 4.69) is 36.3 Å². The van der Waals surface area contributed by atoms with Crippen molar-refractivity contribution in [3.05, 3.63) is 34.5 Å². The molecular weight excluding hydrogens is 210 g/mol. The van der Waals surface area contributed by atoms with Gasteiger partial charge in [0.05, 0.1) is 5.56 Å². The number of aryl methyl sites for hydroxylation is 2. The van der Waals surface area contributed by atoms with Gasteiger partial charge in [0.1, 0.15) is 11.9 Å². The van der Waals surface area contributed by atoms with Gasteiger partial charge >= 0.3 is 0 Å². The number of aromatic nitrogens is 1. The van der Waals surface area contributed by atoms with Crippen molar-refractivity contribution in [2.45, 2.75) is 33.1 Å². The van der Waals surface area contributed by atoms with Gasteiger partial charge in [0.25, 0.3) is 0 Å². The Morgan fingerprint density at radius 2 is 2.35 bits per heavy atom. The molecule has 1 heterocycles. The van der Waals surface area contributed by atoms with Crippen molar-refractivity contribution in [2.75, 3.05) is 11.9 Å². The quantitative estimate of drug-likeness (QED) is 0.808. The average molecular weight is 227 g/mol. The number of hydrogen-bond acceptors (Lipinski definition) is 3. The molecule has 1 aliphatic carbocycles. The van der Waals surface area contributed by atoms with Gasteiger partial charge in [0.15, 0.2) is 0 Å². The number of anilines is 1.